The number of carbonyl (C=O) groups excluding carboxylic acids is 1. The van der Waals surface area contributed by atoms with Crippen molar-refractivity contribution in [1.29, 1.82) is 0 Å². The van der Waals surface area contributed by atoms with Crippen LogP contribution in [0.5, 0.6) is 0 Å². The Morgan fingerprint density at radius 2 is 2.21 bits per heavy atom. The molecular weight excluding hydrogens is 250 g/mol. The molecule has 0 spiro atoms. The smallest absolute Gasteiger partial charge is 0.354 e. The summed E-state index contributed by atoms with van der Waals surface area (Å²) in [5.41, 5.74) is -0.0272. The summed E-state index contributed by atoms with van der Waals surface area (Å²) in [5, 5.41) is 21.4. The summed E-state index contributed by atoms with van der Waals surface area (Å²) in [5.74, 6) is -1.13. The minimum atomic E-state index is -1.13. The maximum Gasteiger partial charge on any atom is 0.354 e. The number of likely N-dealkylation sites (tertiary alicyclic amines) is 1. The van der Waals surface area contributed by atoms with Crippen molar-refractivity contribution in [3.63, 3.8) is 0 Å². The predicted octanol–water partition coefficient (Wildman–Crippen LogP) is 1.01. The molecule has 7 nitrogen and oxygen atoms in total. The fraction of sp³-hybridized carbons (Fsp3) is 0.500. The number of nitrogens with one attached hydrogen (secondary N) is 2. The van der Waals surface area contributed by atoms with Gasteiger partial charge in [-0.05, 0) is 26.3 Å². The number of hydrogen-bond acceptors (Lipinski definition) is 3. The van der Waals surface area contributed by atoms with Crippen molar-refractivity contribution >= 4 is 17.7 Å². The van der Waals surface area contributed by atoms with E-state index in [4.69, 9.17) is 5.11 Å². The van der Waals surface area contributed by atoms with Crippen LogP contribution < -0.4 is 5.32 Å². The highest BCUT2D eigenvalue weighted by molar-refractivity contribution is 5.99. The van der Waals surface area contributed by atoms with Crippen molar-refractivity contribution in [2.75, 3.05) is 18.4 Å². The number of aryl methyl sites for hydroxylation is 1. The van der Waals surface area contributed by atoms with Crippen LogP contribution in [0, 0.1) is 6.92 Å². The molecule has 1 aromatic heterocycles. The highest BCUT2D eigenvalue weighted by atomic mass is 16.4. The molecule has 1 saturated heterocycles. The monoisotopic (exact) mass is 267 g/mol. The minimum Gasteiger partial charge on any atom is -0.477 e. The van der Waals surface area contributed by atoms with Crippen LogP contribution in [0.1, 0.15) is 29.5 Å². The van der Waals surface area contributed by atoms with Gasteiger partial charge in [-0.25, -0.2) is 9.59 Å². The van der Waals surface area contributed by atoms with Gasteiger partial charge in [0.05, 0.1) is 17.8 Å². The van der Waals surface area contributed by atoms with Crippen molar-refractivity contribution in [2.24, 2.45) is 0 Å². The first-order valence-corrected chi connectivity index (χ1v) is 6.00. The van der Waals surface area contributed by atoms with Gasteiger partial charge in [0.1, 0.15) is 5.69 Å². The van der Waals surface area contributed by atoms with E-state index in [2.05, 4.69) is 10.3 Å². The second-order valence-electron chi connectivity index (χ2n) is 5.14. The van der Waals surface area contributed by atoms with E-state index in [1.807, 2.05) is 0 Å². The number of aromatic amines is 1. The van der Waals surface area contributed by atoms with Gasteiger partial charge in [0.2, 0.25) is 0 Å². The molecular formula is C12H17N3O4. The van der Waals surface area contributed by atoms with Crippen LogP contribution in [0.2, 0.25) is 0 Å². The average Bonchev–Trinajstić information content (AvgIpc) is 2.81. The van der Waals surface area contributed by atoms with Crippen LogP contribution in [0.15, 0.2) is 6.07 Å². The van der Waals surface area contributed by atoms with Gasteiger partial charge in [-0.2, -0.15) is 0 Å². The molecule has 2 rings (SSSR count). The molecule has 4 N–H and O–H groups in total. The fourth-order valence-corrected chi connectivity index (χ4v) is 2.17. The Morgan fingerprint density at radius 1 is 1.53 bits per heavy atom. The van der Waals surface area contributed by atoms with E-state index in [1.54, 1.807) is 19.9 Å². The van der Waals surface area contributed by atoms with Gasteiger partial charge in [-0.15, -0.1) is 0 Å². The van der Waals surface area contributed by atoms with Crippen LogP contribution in [0.4, 0.5) is 10.5 Å². The first kappa shape index (κ1) is 13.4. The normalized spacial score (nSPS) is 22.6. The van der Waals surface area contributed by atoms with E-state index in [-0.39, 0.29) is 17.9 Å². The average molecular weight is 267 g/mol. The molecule has 1 aromatic rings. The Morgan fingerprint density at radius 3 is 2.74 bits per heavy atom. The molecule has 19 heavy (non-hydrogen) atoms. The number of carboxylic acids is 1. The lowest BCUT2D eigenvalue weighted by Crippen LogP contribution is -2.36. The molecule has 7 heteroatoms. The molecule has 1 aliphatic heterocycles. The van der Waals surface area contributed by atoms with Gasteiger partial charge in [0, 0.05) is 12.2 Å². The number of nitrogens with zero attached hydrogens (tertiary/aromatic N) is 1. The molecule has 1 fully saturated rings. The number of hydrogen-bond donors (Lipinski definition) is 4. The van der Waals surface area contributed by atoms with E-state index >= 15 is 0 Å². The Labute approximate surface area is 110 Å². The summed E-state index contributed by atoms with van der Waals surface area (Å²) in [6, 6.07) is 1.16. The fourth-order valence-electron chi connectivity index (χ4n) is 2.17. The zero-order chi connectivity index (χ0) is 14.2. The third kappa shape index (κ3) is 2.87. The highest BCUT2D eigenvalue weighted by Gasteiger charge is 2.34. The van der Waals surface area contributed by atoms with E-state index in [0.29, 0.717) is 18.7 Å². The topological polar surface area (TPSA) is 106 Å². The summed E-state index contributed by atoms with van der Waals surface area (Å²) < 4.78 is 0. The molecule has 0 radical (unpaired) electrons. The first-order chi connectivity index (χ1) is 8.78. The molecule has 1 atom stereocenters. The van der Waals surface area contributed by atoms with Crippen LogP contribution >= 0.6 is 0 Å². The van der Waals surface area contributed by atoms with Gasteiger partial charge in [0.15, 0.2) is 0 Å². The molecule has 0 saturated carbocycles. The number of carboxylic acid groups (broad SMARTS) is 1. The highest BCUT2D eigenvalue weighted by Crippen LogP contribution is 2.22. The molecule has 0 bridgehead atoms. The van der Waals surface area contributed by atoms with Crippen molar-refractivity contribution in [2.45, 2.75) is 25.9 Å². The van der Waals surface area contributed by atoms with Crippen LogP contribution in [0.3, 0.4) is 0 Å². The number of aliphatic hydroxyl groups is 1. The summed E-state index contributed by atoms with van der Waals surface area (Å²) in [6.45, 7) is 4.07. The second kappa shape index (κ2) is 4.58. The van der Waals surface area contributed by atoms with Crippen LogP contribution in [-0.4, -0.2) is 50.8 Å². The number of aromatic carboxylic acids is 1. The van der Waals surface area contributed by atoms with E-state index < -0.39 is 17.6 Å². The second-order valence-corrected chi connectivity index (χ2v) is 5.14. The number of H-pyrrole nitrogens is 1. The molecule has 0 aromatic carbocycles. The quantitative estimate of drug-likeness (QED) is 0.641. The van der Waals surface area contributed by atoms with Crippen molar-refractivity contribution < 1.29 is 19.8 Å². The lowest BCUT2D eigenvalue weighted by atomic mass is 10.1. The number of anilines is 1. The summed E-state index contributed by atoms with van der Waals surface area (Å²) >= 11 is 0. The van der Waals surface area contributed by atoms with Crippen LogP contribution in [-0.2, 0) is 0 Å². The lowest BCUT2D eigenvalue weighted by molar-refractivity contribution is 0.0690. The number of β-amino-alcohol motifs (C(OH)–C–C–N with tert-alkyl or cyclic N) is 1. The SMILES string of the molecule is Cc1cc(NC(=O)N2CCC(C)(O)C2)c(C(=O)O)[nH]1. The van der Waals surface area contributed by atoms with E-state index in [9.17, 15) is 14.7 Å². The largest absolute Gasteiger partial charge is 0.477 e. The Bertz CT molecular complexity index is 521. The Hall–Kier alpha value is -2.02. The summed E-state index contributed by atoms with van der Waals surface area (Å²) in [6.07, 6.45) is 0.512. The Kier molecular flexibility index (Phi) is 3.23. The van der Waals surface area contributed by atoms with Gasteiger partial charge >= 0.3 is 12.0 Å². The maximum absolute atomic E-state index is 12.0. The zero-order valence-corrected chi connectivity index (χ0v) is 10.9. The van der Waals surface area contributed by atoms with Gasteiger partial charge in [-0.3, -0.25) is 0 Å². The molecule has 1 aliphatic rings. The van der Waals surface area contributed by atoms with Crippen molar-refractivity contribution in [3.05, 3.63) is 17.5 Å². The molecule has 1 unspecified atom stereocenters. The maximum atomic E-state index is 12.0. The van der Waals surface area contributed by atoms with Crippen LogP contribution in [0.25, 0.3) is 0 Å². The van der Waals surface area contributed by atoms with Gasteiger partial charge in [0.25, 0.3) is 0 Å². The van der Waals surface area contributed by atoms with Crippen molar-refractivity contribution in [1.82, 2.24) is 9.88 Å². The van der Waals surface area contributed by atoms with Gasteiger partial charge < -0.3 is 25.4 Å². The molecule has 2 amide bonds. The standard InChI is InChI=1S/C12H17N3O4/c1-7-5-8(9(13-7)10(16)17)14-11(18)15-4-3-12(2,19)6-15/h5,13,19H,3-4,6H2,1-2H3,(H,14,18)(H,16,17). The summed E-state index contributed by atoms with van der Waals surface area (Å²) in [7, 11) is 0. The number of rotatable bonds is 2. The number of aromatic nitrogens is 1. The zero-order valence-electron chi connectivity index (χ0n) is 10.9. The Balaban J connectivity index is 2.09. The number of carbonyl (C=O) groups is 2. The number of urea groups is 1. The molecule has 0 aliphatic carbocycles. The third-order valence-corrected chi connectivity index (χ3v) is 3.15. The third-order valence-electron chi connectivity index (χ3n) is 3.15. The van der Waals surface area contributed by atoms with E-state index in [1.165, 1.54) is 4.90 Å². The molecule has 2 heterocycles. The minimum absolute atomic E-state index is 0.0446. The van der Waals surface area contributed by atoms with Crippen molar-refractivity contribution in [3.8, 4) is 0 Å². The number of amides is 2. The van der Waals surface area contributed by atoms with E-state index in [0.717, 1.165) is 0 Å². The summed E-state index contributed by atoms with van der Waals surface area (Å²) in [4.78, 5) is 27.1. The lowest BCUT2D eigenvalue weighted by Gasteiger charge is -2.19. The predicted molar refractivity (Wildman–Crippen MR) is 68.3 cm³/mol. The van der Waals surface area contributed by atoms with Gasteiger partial charge in [-0.1, -0.05) is 0 Å². The molecule has 104 valence electrons. The first-order valence-electron chi connectivity index (χ1n) is 6.00.